The summed E-state index contributed by atoms with van der Waals surface area (Å²) in [5.74, 6) is 0.347. The van der Waals surface area contributed by atoms with Crippen molar-refractivity contribution in [3.8, 4) is 16.9 Å². The zero-order valence-corrected chi connectivity index (χ0v) is 12.7. The molecule has 0 saturated heterocycles. The standard InChI is InChI=1S/C19H17NO3/c1-3-19(21)23-14-4-13-22-18-11-7-16(8-12-18)15-5-9-17(20-2)10-6-15/h3,5-12H,1,4,13-14H2. The molecule has 0 unspecified atom stereocenters. The number of hydrogen-bond acceptors (Lipinski definition) is 3. The second-order valence-electron chi connectivity index (χ2n) is 4.76. The van der Waals surface area contributed by atoms with Crippen molar-refractivity contribution in [3.63, 3.8) is 0 Å². The first-order valence-electron chi connectivity index (χ1n) is 7.23. The topological polar surface area (TPSA) is 39.9 Å². The van der Waals surface area contributed by atoms with Gasteiger partial charge in [0.2, 0.25) is 0 Å². The van der Waals surface area contributed by atoms with Crippen LogP contribution < -0.4 is 4.74 Å². The normalized spacial score (nSPS) is 9.70. The molecule has 2 rings (SSSR count). The minimum atomic E-state index is -0.418. The van der Waals surface area contributed by atoms with Gasteiger partial charge in [0.25, 0.3) is 0 Å². The van der Waals surface area contributed by atoms with E-state index in [2.05, 4.69) is 11.4 Å². The molecule has 0 aliphatic carbocycles. The molecule has 116 valence electrons. The lowest BCUT2D eigenvalue weighted by Crippen LogP contribution is -2.06. The van der Waals surface area contributed by atoms with Gasteiger partial charge < -0.3 is 9.47 Å². The summed E-state index contributed by atoms with van der Waals surface area (Å²) >= 11 is 0. The first-order valence-corrected chi connectivity index (χ1v) is 7.23. The first-order chi connectivity index (χ1) is 11.2. The van der Waals surface area contributed by atoms with Crippen LogP contribution in [0.15, 0.2) is 61.2 Å². The van der Waals surface area contributed by atoms with Crippen molar-refractivity contribution >= 4 is 11.7 Å². The average molecular weight is 307 g/mol. The molecule has 2 aromatic carbocycles. The van der Waals surface area contributed by atoms with Gasteiger partial charge in [0.1, 0.15) is 5.75 Å². The maximum absolute atomic E-state index is 10.9. The molecule has 0 radical (unpaired) electrons. The Labute approximate surface area is 135 Å². The molecule has 0 aliphatic rings. The highest BCUT2D eigenvalue weighted by atomic mass is 16.5. The van der Waals surface area contributed by atoms with Crippen molar-refractivity contribution in [1.82, 2.24) is 0 Å². The van der Waals surface area contributed by atoms with Gasteiger partial charge in [-0.2, -0.15) is 0 Å². The van der Waals surface area contributed by atoms with Gasteiger partial charge in [-0.1, -0.05) is 43.0 Å². The summed E-state index contributed by atoms with van der Waals surface area (Å²) in [7, 11) is 0. The van der Waals surface area contributed by atoms with E-state index in [1.165, 1.54) is 0 Å². The molecule has 0 aliphatic heterocycles. The molecule has 0 saturated carbocycles. The van der Waals surface area contributed by atoms with Crippen molar-refractivity contribution in [2.75, 3.05) is 13.2 Å². The van der Waals surface area contributed by atoms with E-state index >= 15 is 0 Å². The van der Waals surface area contributed by atoms with Crippen LogP contribution in [-0.4, -0.2) is 19.2 Å². The number of esters is 1. The van der Waals surface area contributed by atoms with Crippen LogP contribution in [0.25, 0.3) is 16.0 Å². The smallest absolute Gasteiger partial charge is 0.330 e. The second-order valence-corrected chi connectivity index (χ2v) is 4.76. The summed E-state index contributed by atoms with van der Waals surface area (Å²) in [6.45, 7) is 11.1. The zero-order valence-electron chi connectivity index (χ0n) is 12.7. The monoisotopic (exact) mass is 307 g/mol. The molecule has 0 fully saturated rings. The third kappa shape index (κ3) is 5.01. The zero-order chi connectivity index (χ0) is 16.5. The molecule has 23 heavy (non-hydrogen) atoms. The van der Waals surface area contributed by atoms with Crippen LogP contribution in [0.1, 0.15) is 6.42 Å². The molecule has 2 aromatic rings. The Morgan fingerprint density at radius 2 is 1.65 bits per heavy atom. The van der Waals surface area contributed by atoms with Gasteiger partial charge >= 0.3 is 5.97 Å². The van der Waals surface area contributed by atoms with E-state index in [1.54, 1.807) is 12.1 Å². The fraction of sp³-hybridized carbons (Fsp3) is 0.158. The van der Waals surface area contributed by atoms with Crippen molar-refractivity contribution in [2.45, 2.75) is 6.42 Å². The van der Waals surface area contributed by atoms with Gasteiger partial charge in [0, 0.05) is 12.5 Å². The van der Waals surface area contributed by atoms with Crippen LogP contribution in [0.5, 0.6) is 5.75 Å². The number of rotatable bonds is 7. The van der Waals surface area contributed by atoms with E-state index < -0.39 is 5.97 Å². The lowest BCUT2D eigenvalue weighted by molar-refractivity contribution is -0.137. The summed E-state index contributed by atoms with van der Waals surface area (Å²) in [4.78, 5) is 14.2. The highest BCUT2D eigenvalue weighted by molar-refractivity contribution is 5.81. The van der Waals surface area contributed by atoms with E-state index in [9.17, 15) is 4.79 Å². The Morgan fingerprint density at radius 1 is 1.04 bits per heavy atom. The van der Waals surface area contributed by atoms with Crippen LogP contribution in [-0.2, 0) is 9.53 Å². The highest BCUT2D eigenvalue weighted by Gasteiger charge is 2.00. The molecule has 0 aromatic heterocycles. The third-order valence-electron chi connectivity index (χ3n) is 3.15. The van der Waals surface area contributed by atoms with E-state index in [0.717, 1.165) is 23.0 Å². The van der Waals surface area contributed by atoms with Gasteiger partial charge in [0.05, 0.1) is 19.8 Å². The molecular formula is C19H17NO3. The Kier molecular flexibility index (Phi) is 5.96. The maximum atomic E-state index is 10.9. The van der Waals surface area contributed by atoms with Crippen molar-refractivity contribution in [1.29, 1.82) is 0 Å². The van der Waals surface area contributed by atoms with Crippen LogP contribution >= 0.6 is 0 Å². The van der Waals surface area contributed by atoms with Gasteiger partial charge in [0.15, 0.2) is 5.69 Å². The minimum absolute atomic E-state index is 0.316. The summed E-state index contributed by atoms with van der Waals surface area (Å²) in [6, 6.07) is 15.2. The Morgan fingerprint density at radius 3 is 2.22 bits per heavy atom. The maximum Gasteiger partial charge on any atom is 0.330 e. The van der Waals surface area contributed by atoms with Crippen molar-refractivity contribution in [3.05, 3.63) is 72.6 Å². The number of benzene rings is 2. The van der Waals surface area contributed by atoms with Crippen LogP contribution in [0.3, 0.4) is 0 Å². The fourth-order valence-electron chi connectivity index (χ4n) is 1.95. The van der Waals surface area contributed by atoms with Crippen LogP contribution in [0.4, 0.5) is 5.69 Å². The fourth-order valence-corrected chi connectivity index (χ4v) is 1.95. The lowest BCUT2D eigenvalue weighted by atomic mass is 10.1. The number of nitrogens with zero attached hydrogens (tertiary/aromatic N) is 1. The predicted octanol–water partition coefficient (Wildman–Crippen LogP) is 4.40. The van der Waals surface area contributed by atoms with E-state index in [0.29, 0.717) is 25.3 Å². The molecule has 0 bridgehead atoms. The number of carbonyl (C=O) groups excluding carboxylic acids is 1. The molecule has 0 heterocycles. The van der Waals surface area contributed by atoms with Gasteiger partial charge in [-0.15, -0.1) is 0 Å². The van der Waals surface area contributed by atoms with E-state index in [-0.39, 0.29) is 0 Å². The largest absolute Gasteiger partial charge is 0.493 e. The van der Waals surface area contributed by atoms with Gasteiger partial charge in [-0.25, -0.2) is 9.64 Å². The Bertz CT molecular complexity index is 697. The van der Waals surface area contributed by atoms with Crippen LogP contribution in [0, 0.1) is 6.57 Å². The van der Waals surface area contributed by atoms with Crippen LogP contribution in [0.2, 0.25) is 0 Å². The van der Waals surface area contributed by atoms with E-state index in [4.69, 9.17) is 16.0 Å². The number of carbonyl (C=O) groups is 1. The molecule has 0 amide bonds. The summed E-state index contributed by atoms with van der Waals surface area (Å²) in [6.07, 6.45) is 1.77. The molecule has 4 nitrogen and oxygen atoms in total. The van der Waals surface area contributed by atoms with Gasteiger partial charge in [-0.3, -0.25) is 0 Å². The second kappa shape index (κ2) is 8.40. The van der Waals surface area contributed by atoms with Gasteiger partial charge in [-0.05, 0) is 23.3 Å². The quantitative estimate of drug-likeness (QED) is 0.329. The average Bonchev–Trinajstić information content (AvgIpc) is 2.62. The van der Waals surface area contributed by atoms with Crippen molar-refractivity contribution < 1.29 is 14.3 Å². The Hall–Kier alpha value is -3.06. The predicted molar refractivity (Wildman–Crippen MR) is 89.4 cm³/mol. The molecule has 0 N–H and O–H groups in total. The number of ether oxygens (including phenoxy) is 2. The first kappa shape index (κ1) is 16.3. The summed E-state index contributed by atoms with van der Waals surface area (Å²) in [5.41, 5.74) is 2.75. The Balaban J connectivity index is 1.83. The minimum Gasteiger partial charge on any atom is -0.493 e. The van der Waals surface area contributed by atoms with Crippen molar-refractivity contribution in [2.24, 2.45) is 0 Å². The molecule has 0 atom stereocenters. The van der Waals surface area contributed by atoms with E-state index in [1.807, 2.05) is 36.4 Å². The SMILES string of the molecule is [C-]#[N+]c1ccc(-c2ccc(OCCCOC(=O)C=C)cc2)cc1. The molecular weight excluding hydrogens is 290 g/mol. The highest BCUT2D eigenvalue weighted by Crippen LogP contribution is 2.24. The molecule has 0 spiro atoms. The number of hydrogen-bond donors (Lipinski definition) is 0. The lowest BCUT2D eigenvalue weighted by Gasteiger charge is -2.08. The summed E-state index contributed by atoms with van der Waals surface area (Å²) < 4.78 is 10.5. The molecule has 4 heteroatoms. The summed E-state index contributed by atoms with van der Waals surface area (Å²) in [5, 5.41) is 0. The third-order valence-corrected chi connectivity index (χ3v) is 3.15.